The fourth-order valence-corrected chi connectivity index (χ4v) is 2.50. The van der Waals surface area contributed by atoms with Crippen LogP contribution in [0.1, 0.15) is 31.7 Å². The minimum atomic E-state index is -0.197. The van der Waals surface area contributed by atoms with Gasteiger partial charge in [0.2, 0.25) is 0 Å². The molecule has 0 aromatic heterocycles. The van der Waals surface area contributed by atoms with Crippen molar-refractivity contribution >= 4 is 28.9 Å². The van der Waals surface area contributed by atoms with Gasteiger partial charge in [-0.25, -0.2) is 0 Å². The van der Waals surface area contributed by atoms with Crippen LogP contribution < -0.4 is 10.1 Å². The van der Waals surface area contributed by atoms with Crippen LogP contribution in [-0.4, -0.2) is 17.7 Å². The third-order valence-corrected chi connectivity index (χ3v) is 3.70. The second-order valence-corrected chi connectivity index (χ2v) is 5.54. The van der Waals surface area contributed by atoms with Crippen LogP contribution in [0.5, 0.6) is 5.75 Å². The molecule has 2 N–H and O–H groups in total. The first-order valence-electron chi connectivity index (χ1n) is 6.71. The van der Waals surface area contributed by atoms with Gasteiger partial charge in [-0.3, -0.25) is 10.2 Å². The lowest BCUT2D eigenvalue weighted by atomic mass is 10.2. The van der Waals surface area contributed by atoms with E-state index in [-0.39, 0.29) is 11.1 Å². The Morgan fingerprint density at radius 1 is 1.30 bits per heavy atom. The maximum absolute atomic E-state index is 11.1. The first kappa shape index (κ1) is 14.7. The molecule has 0 bridgehead atoms. The summed E-state index contributed by atoms with van der Waals surface area (Å²) < 4.78 is 5.64. The summed E-state index contributed by atoms with van der Waals surface area (Å²) in [5.41, 5.74) is 0.953. The normalized spacial score (nSPS) is 16.6. The zero-order chi connectivity index (χ0) is 14.4. The fraction of sp³-hybridized carbons (Fsp3) is 0.333. The van der Waals surface area contributed by atoms with Crippen LogP contribution in [0.15, 0.2) is 29.2 Å². The van der Waals surface area contributed by atoms with Crippen LogP contribution in [0.4, 0.5) is 4.79 Å². The van der Waals surface area contributed by atoms with Gasteiger partial charge in [-0.15, -0.1) is 0 Å². The van der Waals surface area contributed by atoms with Gasteiger partial charge in [-0.1, -0.05) is 31.9 Å². The highest BCUT2D eigenvalue weighted by Crippen LogP contribution is 2.26. The molecule has 1 amide bonds. The lowest BCUT2D eigenvalue weighted by Crippen LogP contribution is -2.17. The number of benzene rings is 1. The van der Waals surface area contributed by atoms with E-state index in [1.165, 1.54) is 12.8 Å². The number of unbranched alkanes of at least 4 members (excludes halogenated alkanes) is 2. The van der Waals surface area contributed by atoms with Crippen molar-refractivity contribution in [1.82, 2.24) is 5.32 Å². The molecule has 1 heterocycles. The smallest absolute Gasteiger partial charge is 0.289 e. The van der Waals surface area contributed by atoms with Crippen LogP contribution in [0.2, 0.25) is 0 Å². The molecule has 2 rings (SSSR count). The molecule has 0 saturated carbocycles. The van der Waals surface area contributed by atoms with Crippen molar-refractivity contribution in [3.63, 3.8) is 0 Å². The Morgan fingerprint density at radius 3 is 2.65 bits per heavy atom. The first-order valence-corrected chi connectivity index (χ1v) is 7.53. The third-order valence-electron chi connectivity index (χ3n) is 2.87. The van der Waals surface area contributed by atoms with Crippen LogP contribution in [-0.2, 0) is 0 Å². The molecule has 20 heavy (non-hydrogen) atoms. The molecular formula is C15H18N2O2S. The number of amides is 1. The minimum Gasteiger partial charge on any atom is -0.494 e. The maximum atomic E-state index is 11.1. The summed E-state index contributed by atoms with van der Waals surface area (Å²) >= 11 is 1.05. The Bertz CT molecular complexity index is 523. The number of ether oxygens (including phenoxy) is 1. The average molecular weight is 290 g/mol. The predicted octanol–water partition coefficient (Wildman–Crippen LogP) is 4.03. The standard InChI is InChI=1S/C15H18N2O2S/c1-2-3-4-9-19-12-7-5-11(6-8-12)10-13-14(16)17-15(18)20-13/h5-8,10H,2-4,9H2,1H3,(H2,16,17,18)/b13-10+. The molecular weight excluding hydrogens is 272 g/mol. The largest absolute Gasteiger partial charge is 0.494 e. The molecule has 1 aromatic carbocycles. The van der Waals surface area contributed by atoms with Crippen molar-refractivity contribution in [2.75, 3.05) is 6.61 Å². The van der Waals surface area contributed by atoms with E-state index in [0.29, 0.717) is 4.91 Å². The molecule has 1 saturated heterocycles. The Labute approximate surface area is 123 Å². The van der Waals surface area contributed by atoms with Crippen molar-refractivity contribution in [1.29, 1.82) is 5.41 Å². The highest BCUT2D eigenvalue weighted by atomic mass is 32.2. The van der Waals surface area contributed by atoms with Gasteiger partial charge in [0.25, 0.3) is 5.24 Å². The van der Waals surface area contributed by atoms with Gasteiger partial charge in [-0.05, 0) is 42.0 Å². The van der Waals surface area contributed by atoms with E-state index in [0.717, 1.165) is 36.1 Å². The molecule has 1 aliphatic rings. The summed E-state index contributed by atoms with van der Waals surface area (Å²) in [7, 11) is 0. The molecule has 0 aliphatic carbocycles. The molecule has 5 heteroatoms. The van der Waals surface area contributed by atoms with E-state index in [1.807, 2.05) is 30.3 Å². The summed E-state index contributed by atoms with van der Waals surface area (Å²) in [6.45, 7) is 2.91. The maximum Gasteiger partial charge on any atom is 0.289 e. The molecule has 1 fully saturated rings. The Kier molecular flexibility index (Phi) is 5.24. The fourth-order valence-electron chi connectivity index (χ4n) is 1.80. The van der Waals surface area contributed by atoms with Gasteiger partial charge in [0.05, 0.1) is 11.5 Å². The number of hydrogen-bond acceptors (Lipinski definition) is 4. The summed E-state index contributed by atoms with van der Waals surface area (Å²) in [4.78, 5) is 11.8. The number of thioether (sulfide) groups is 1. The molecule has 0 atom stereocenters. The third kappa shape index (κ3) is 4.13. The molecule has 1 aromatic rings. The van der Waals surface area contributed by atoms with Crippen LogP contribution in [0.3, 0.4) is 0 Å². The van der Waals surface area contributed by atoms with E-state index in [9.17, 15) is 4.79 Å². The van der Waals surface area contributed by atoms with Gasteiger partial charge in [0.1, 0.15) is 11.6 Å². The number of amidine groups is 1. The molecule has 0 spiro atoms. The molecule has 0 unspecified atom stereocenters. The number of hydrogen-bond donors (Lipinski definition) is 2. The number of carbonyl (C=O) groups is 1. The summed E-state index contributed by atoms with van der Waals surface area (Å²) in [5.74, 6) is 1.02. The second-order valence-electron chi connectivity index (χ2n) is 4.52. The van der Waals surface area contributed by atoms with Crippen LogP contribution in [0, 0.1) is 5.41 Å². The Balaban J connectivity index is 1.93. The average Bonchev–Trinajstić information content (AvgIpc) is 2.75. The van der Waals surface area contributed by atoms with Crippen LogP contribution in [0.25, 0.3) is 6.08 Å². The van der Waals surface area contributed by atoms with Gasteiger partial charge >= 0.3 is 0 Å². The highest BCUT2D eigenvalue weighted by Gasteiger charge is 2.21. The monoisotopic (exact) mass is 290 g/mol. The topological polar surface area (TPSA) is 62.2 Å². The quantitative estimate of drug-likeness (QED) is 0.777. The lowest BCUT2D eigenvalue weighted by Gasteiger charge is -2.05. The van der Waals surface area contributed by atoms with Crippen LogP contribution >= 0.6 is 11.8 Å². The number of rotatable bonds is 6. The van der Waals surface area contributed by atoms with E-state index < -0.39 is 0 Å². The van der Waals surface area contributed by atoms with Gasteiger partial charge < -0.3 is 10.1 Å². The summed E-state index contributed by atoms with van der Waals surface area (Å²) in [6, 6.07) is 7.69. The van der Waals surface area contributed by atoms with E-state index in [2.05, 4.69) is 12.2 Å². The van der Waals surface area contributed by atoms with Crippen molar-refractivity contribution in [3.8, 4) is 5.75 Å². The molecule has 0 radical (unpaired) electrons. The van der Waals surface area contributed by atoms with Gasteiger partial charge in [0, 0.05) is 0 Å². The van der Waals surface area contributed by atoms with Crippen molar-refractivity contribution in [2.45, 2.75) is 26.2 Å². The molecule has 1 aliphatic heterocycles. The minimum absolute atomic E-state index is 0.167. The predicted molar refractivity (Wildman–Crippen MR) is 83.3 cm³/mol. The van der Waals surface area contributed by atoms with Crippen molar-refractivity contribution in [3.05, 3.63) is 34.7 Å². The summed E-state index contributed by atoms with van der Waals surface area (Å²) in [5, 5.41) is 9.87. The van der Waals surface area contributed by atoms with E-state index in [1.54, 1.807) is 0 Å². The number of carbonyl (C=O) groups excluding carboxylic acids is 1. The lowest BCUT2D eigenvalue weighted by molar-refractivity contribution is 0.265. The highest BCUT2D eigenvalue weighted by molar-refractivity contribution is 8.18. The molecule has 4 nitrogen and oxygen atoms in total. The van der Waals surface area contributed by atoms with E-state index >= 15 is 0 Å². The first-order chi connectivity index (χ1) is 9.69. The van der Waals surface area contributed by atoms with Crippen molar-refractivity contribution in [2.24, 2.45) is 0 Å². The molecule has 106 valence electrons. The van der Waals surface area contributed by atoms with E-state index in [4.69, 9.17) is 10.1 Å². The SMILES string of the molecule is CCCCCOc1ccc(/C=C2/SC(=O)NC2=N)cc1. The Morgan fingerprint density at radius 2 is 2.05 bits per heavy atom. The zero-order valence-electron chi connectivity index (χ0n) is 11.4. The van der Waals surface area contributed by atoms with Gasteiger partial charge in [0.15, 0.2) is 0 Å². The second kappa shape index (κ2) is 7.14. The number of nitrogens with one attached hydrogen (secondary N) is 2. The Hall–Kier alpha value is -1.75. The zero-order valence-corrected chi connectivity index (χ0v) is 12.3. The van der Waals surface area contributed by atoms with Gasteiger partial charge in [-0.2, -0.15) is 0 Å². The van der Waals surface area contributed by atoms with Crippen molar-refractivity contribution < 1.29 is 9.53 Å². The summed E-state index contributed by atoms with van der Waals surface area (Å²) in [6.07, 6.45) is 5.27.